The molecule has 0 bridgehead atoms. The predicted molar refractivity (Wildman–Crippen MR) is 19.2 cm³/mol. The summed E-state index contributed by atoms with van der Waals surface area (Å²) in [6.45, 7) is 0. The van der Waals surface area contributed by atoms with Crippen LogP contribution >= 0.6 is 0 Å². The first-order valence-electron chi connectivity index (χ1n) is 0.996. The third-order valence-corrected chi connectivity index (χ3v) is 0. The summed E-state index contributed by atoms with van der Waals surface area (Å²) in [5, 5.41) is 0. The van der Waals surface area contributed by atoms with E-state index in [0.29, 0.717) is 0 Å². The Hall–Kier alpha value is 1.12. The molecule has 0 aliphatic carbocycles. The van der Waals surface area contributed by atoms with Crippen molar-refractivity contribution >= 4 is 26.1 Å². The van der Waals surface area contributed by atoms with Crippen molar-refractivity contribution in [2.45, 2.75) is 0 Å². The van der Waals surface area contributed by atoms with Gasteiger partial charge in [-0.2, -0.15) is 0 Å². The molecule has 4 heavy (non-hydrogen) atoms. The summed E-state index contributed by atoms with van der Waals surface area (Å²) in [5.41, 5.74) is 0. The molecule has 0 N–H and O–H groups in total. The van der Waals surface area contributed by atoms with Gasteiger partial charge in [0.2, 0.25) is 0 Å². The predicted octanol–water partition coefficient (Wildman–Crippen LogP) is -2.22. The van der Waals surface area contributed by atoms with Crippen LogP contribution in [0.25, 0.3) is 0 Å². The Morgan fingerprint density at radius 1 is 1.75 bits per heavy atom. The minimum absolute atomic E-state index is 0. The van der Waals surface area contributed by atoms with Gasteiger partial charge in [0.25, 0.3) is 0 Å². The van der Waals surface area contributed by atoms with Crippen LogP contribution in [0.1, 0.15) is 0 Å². The van der Waals surface area contributed by atoms with Crippen LogP contribution in [-0.4, -0.2) is 26.1 Å². The third kappa shape index (κ3) is 11.2. The van der Waals surface area contributed by atoms with Crippen molar-refractivity contribution in [1.29, 1.82) is 0 Å². The Balaban J connectivity index is 0. The standard InChI is InChI=1S/BH2.Ga.O.Zn.3H/h1H2;;;;;;/q+1;;;-1;;;. The molecule has 0 fully saturated rings. The van der Waals surface area contributed by atoms with Crippen LogP contribution in [0.4, 0.5) is 0 Å². The van der Waals surface area contributed by atoms with Gasteiger partial charge in [0, 0.05) is 0 Å². The SMILES string of the molecule is [BH2][Zn]=[O].[GaH3]. The van der Waals surface area contributed by atoms with Gasteiger partial charge < -0.3 is 0 Å². The maximum atomic E-state index is 9.12. The molecule has 0 heterocycles. The van der Waals surface area contributed by atoms with Crippen molar-refractivity contribution in [2.24, 2.45) is 0 Å². The molecule has 0 aliphatic rings. The van der Waals surface area contributed by atoms with Crippen LogP contribution in [0.2, 0.25) is 0 Å². The second kappa shape index (κ2) is 8.92. The first kappa shape index (κ1) is 8.93. The number of hydrogen-bond acceptors (Lipinski definition) is 1. The molecule has 0 atom stereocenters. The van der Waals surface area contributed by atoms with Gasteiger partial charge in [0.15, 0.2) is 0 Å². The van der Waals surface area contributed by atoms with Crippen molar-refractivity contribution < 1.29 is 20.5 Å². The Labute approximate surface area is 46.7 Å². The molecule has 4 heteroatoms. The van der Waals surface area contributed by atoms with Gasteiger partial charge >= 0.3 is 46.6 Å². The molecule has 0 radical (unpaired) electrons. The van der Waals surface area contributed by atoms with Crippen molar-refractivity contribution in [2.75, 3.05) is 0 Å². The van der Waals surface area contributed by atoms with E-state index in [1.54, 1.807) is 6.33 Å². The number of rotatable bonds is 0. The van der Waals surface area contributed by atoms with E-state index in [0.717, 1.165) is 0 Å². The zero-order chi connectivity index (χ0) is 2.71. The topological polar surface area (TPSA) is 17.1 Å². The molecule has 0 aromatic rings. The second-order valence-corrected chi connectivity index (χ2v) is 1.50. The van der Waals surface area contributed by atoms with E-state index < -0.39 is 16.9 Å². The van der Waals surface area contributed by atoms with Crippen molar-refractivity contribution in [3.8, 4) is 0 Å². The zero-order valence-corrected chi connectivity index (χ0v) is 5.08. The number of hydrogen-bond donors (Lipinski definition) is 0. The summed E-state index contributed by atoms with van der Waals surface area (Å²) >= 11 is -1.12. The second-order valence-electron chi connectivity index (χ2n) is 0.289. The van der Waals surface area contributed by atoms with Gasteiger partial charge in [0.1, 0.15) is 0 Å². The van der Waals surface area contributed by atoms with Gasteiger partial charge in [-0.25, -0.2) is 0 Å². The van der Waals surface area contributed by atoms with Crippen LogP contribution in [0.15, 0.2) is 0 Å². The van der Waals surface area contributed by atoms with Gasteiger partial charge in [0.05, 0.1) is 0 Å². The van der Waals surface area contributed by atoms with E-state index in [2.05, 4.69) is 0 Å². The van der Waals surface area contributed by atoms with Crippen molar-refractivity contribution in [3.63, 3.8) is 0 Å². The monoisotopic (exact) mass is 165 g/mol. The molecule has 19 valence electrons. The molecular weight excluding hydrogens is 162 g/mol. The molecule has 0 aliphatic heterocycles. The first-order chi connectivity index (χ1) is 1.41. The van der Waals surface area contributed by atoms with E-state index in [1.165, 1.54) is 0 Å². The van der Waals surface area contributed by atoms with Crippen molar-refractivity contribution in [1.82, 2.24) is 0 Å². The maximum absolute atomic E-state index is 9.12. The van der Waals surface area contributed by atoms with E-state index >= 15 is 0 Å². The zero-order valence-electron chi connectivity index (χ0n) is 2.12. The van der Waals surface area contributed by atoms with Crippen LogP contribution in [0.5, 0.6) is 0 Å². The van der Waals surface area contributed by atoms with Gasteiger partial charge in [-0.3, -0.25) is 0 Å². The fourth-order valence-electron chi connectivity index (χ4n) is 0. The van der Waals surface area contributed by atoms with E-state index in [1.807, 2.05) is 0 Å². The molecule has 0 spiro atoms. The fourth-order valence-corrected chi connectivity index (χ4v) is 0. The summed E-state index contributed by atoms with van der Waals surface area (Å²) in [4.78, 5) is 0. The Bertz CT molecular complexity index is 15.5. The fraction of sp³-hybridized carbons (Fsp3) is 0. The van der Waals surface area contributed by atoms with Crippen LogP contribution < -0.4 is 0 Å². The first-order valence-corrected chi connectivity index (χ1v) is 5.17. The summed E-state index contributed by atoms with van der Waals surface area (Å²) < 4.78 is 9.12. The van der Waals surface area contributed by atoms with Crippen LogP contribution in [0, 0.1) is 0 Å². The van der Waals surface area contributed by atoms with E-state index in [9.17, 15) is 0 Å². The average Bonchev–Trinajstić information content (AvgIpc) is 0.918. The summed E-state index contributed by atoms with van der Waals surface area (Å²) in [6.07, 6.45) is 1.76. The minimum atomic E-state index is -1.12. The van der Waals surface area contributed by atoms with Gasteiger partial charge in [-0.1, -0.05) is 0 Å². The molecule has 0 aromatic heterocycles. The Kier molecular flexibility index (Phi) is 19.9. The summed E-state index contributed by atoms with van der Waals surface area (Å²) in [6, 6.07) is 0. The molecule has 1 nitrogen and oxygen atoms in total. The van der Waals surface area contributed by atoms with Gasteiger partial charge in [-0.15, -0.1) is 0 Å². The Morgan fingerprint density at radius 2 is 1.75 bits per heavy atom. The summed E-state index contributed by atoms with van der Waals surface area (Å²) in [7, 11) is 0. The van der Waals surface area contributed by atoms with Crippen molar-refractivity contribution in [3.05, 3.63) is 0 Å². The molecule has 0 aromatic carbocycles. The summed E-state index contributed by atoms with van der Waals surface area (Å²) in [5.74, 6) is 0. The molecule has 0 rings (SSSR count). The van der Waals surface area contributed by atoms with E-state index in [4.69, 9.17) is 3.57 Å². The normalized spacial score (nSPS) is 2.00. The quantitative estimate of drug-likeness (QED) is 0.373. The average molecular weight is 167 g/mol. The third-order valence-electron chi connectivity index (χ3n) is 0. The van der Waals surface area contributed by atoms with Crippen LogP contribution in [-0.2, 0) is 20.5 Å². The molecular formula is H5BGaOZn. The molecule has 0 amide bonds. The Morgan fingerprint density at radius 3 is 1.75 bits per heavy atom. The van der Waals surface area contributed by atoms with Crippen LogP contribution in [0.3, 0.4) is 0 Å². The molecule has 0 saturated heterocycles. The van der Waals surface area contributed by atoms with Gasteiger partial charge in [-0.05, 0) is 0 Å². The molecule has 0 unspecified atom stereocenters. The molecule has 0 saturated carbocycles. The van der Waals surface area contributed by atoms with E-state index in [-0.39, 0.29) is 19.8 Å².